The first-order valence-electron chi connectivity index (χ1n) is 16.5. The van der Waals surface area contributed by atoms with Gasteiger partial charge in [-0.2, -0.15) is 0 Å². The number of benzene rings is 1. The number of carbonyl (C=O) groups excluding carboxylic acids is 5. The predicted octanol–water partition coefficient (Wildman–Crippen LogP) is 3.93. The Bertz CT molecular complexity index is 1590. The normalized spacial score (nSPS) is 21.6. The van der Waals surface area contributed by atoms with E-state index in [9.17, 15) is 24.0 Å². The molecule has 2 aromatic heterocycles. The first kappa shape index (κ1) is 35.1. The molecule has 1 saturated heterocycles. The van der Waals surface area contributed by atoms with E-state index in [2.05, 4.69) is 45.1 Å². The number of thiazole rings is 2. The van der Waals surface area contributed by atoms with Crippen molar-refractivity contribution in [2.24, 2.45) is 5.92 Å². The van der Waals surface area contributed by atoms with E-state index in [1.54, 1.807) is 15.7 Å². The molecule has 1 fully saturated rings. The van der Waals surface area contributed by atoms with E-state index in [0.717, 1.165) is 5.56 Å². The first-order valence-corrected chi connectivity index (χ1v) is 18.3. The van der Waals surface area contributed by atoms with Crippen LogP contribution < -0.4 is 21.3 Å². The van der Waals surface area contributed by atoms with Gasteiger partial charge in [-0.15, -0.1) is 22.7 Å². The van der Waals surface area contributed by atoms with Crippen molar-refractivity contribution in [1.82, 2.24) is 36.1 Å². The molecule has 5 rings (SSSR count). The molecule has 0 radical (unpaired) electrons. The van der Waals surface area contributed by atoms with Crippen LogP contribution in [0.25, 0.3) is 0 Å². The highest BCUT2D eigenvalue weighted by molar-refractivity contribution is 7.10. The first-order chi connectivity index (χ1) is 23.1. The third-order valence-corrected chi connectivity index (χ3v) is 10.2. The van der Waals surface area contributed by atoms with Crippen molar-refractivity contribution >= 4 is 52.2 Å². The molecule has 48 heavy (non-hydrogen) atoms. The maximum absolute atomic E-state index is 13.5. The van der Waals surface area contributed by atoms with Gasteiger partial charge in [0.1, 0.15) is 21.4 Å². The van der Waals surface area contributed by atoms with Crippen molar-refractivity contribution in [3.8, 4) is 0 Å². The van der Waals surface area contributed by atoms with Crippen molar-refractivity contribution in [3.05, 3.63) is 68.1 Å². The second-order valence-corrected chi connectivity index (χ2v) is 14.5. The van der Waals surface area contributed by atoms with Crippen LogP contribution >= 0.6 is 22.7 Å². The lowest BCUT2D eigenvalue weighted by atomic mass is 10.0. The van der Waals surface area contributed by atoms with Crippen LogP contribution in [0, 0.1) is 5.92 Å². The summed E-state index contributed by atoms with van der Waals surface area (Å²) in [6, 6.07) is 8.70. The Morgan fingerprint density at radius 3 is 2.21 bits per heavy atom. The summed E-state index contributed by atoms with van der Waals surface area (Å²) in [6.45, 7) is 5.23. The minimum absolute atomic E-state index is 0.0471. The Hall–Kier alpha value is -4.17. The Morgan fingerprint density at radius 1 is 0.854 bits per heavy atom. The maximum Gasteiger partial charge on any atom is 0.271 e. The van der Waals surface area contributed by atoms with E-state index in [-0.39, 0.29) is 71.8 Å². The number of carbonyl (C=O) groups is 5. The highest BCUT2D eigenvalue weighted by atomic mass is 32.1. The summed E-state index contributed by atoms with van der Waals surface area (Å²) in [5.74, 6) is -0.724. The SMILES string of the molecule is CC(C)C[C@@H]1NC(=O)CCCN(C(=O)C[C@@H]2CCC(=O)N2)CCCNC(=O)c2csc(n2)[C@H](Cc2ccccc2)NC(=O)c2csc1n2. The highest BCUT2D eigenvalue weighted by Crippen LogP contribution is 2.27. The summed E-state index contributed by atoms with van der Waals surface area (Å²) in [4.78, 5) is 75.7. The molecule has 1 aromatic carbocycles. The van der Waals surface area contributed by atoms with Crippen molar-refractivity contribution in [1.29, 1.82) is 0 Å². The maximum atomic E-state index is 13.5. The van der Waals surface area contributed by atoms with E-state index in [0.29, 0.717) is 68.2 Å². The summed E-state index contributed by atoms with van der Waals surface area (Å²) in [6.07, 6.45) is 3.52. The lowest BCUT2D eigenvalue weighted by molar-refractivity contribution is -0.132. The Balaban J connectivity index is 1.37. The molecular formula is C34H43N7O5S2. The zero-order valence-corrected chi connectivity index (χ0v) is 29.0. The summed E-state index contributed by atoms with van der Waals surface area (Å²) >= 11 is 2.64. The van der Waals surface area contributed by atoms with Crippen LogP contribution in [0.5, 0.6) is 0 Å². The number of hydrogen-bond donors (Lipinski definition) is 4. The second-order valence-electron chi connectivity index (χ2n) is 12.7. The number of amides is 5. The summed E-state index contributed by atoms with van der Waals surface area (Å²) in [5.41, 5.74) is 1.52. The summed E-state index contributed by atoms with van der Waals surface area (Å²) in [7, 11) is 0. The number of aromatic nitrogens is 2. The van der Waals surface area contributed by atoms with Gasteiger partial charge in [-0.1, -0.05) is 44.2 Å². The Labute approximate surface area is 288 Å². The molecule has 2 aliphatic heterocycles. The number of hydrogen-bond acceptors (Lipinski definition) is 9. The van der Waals surface area contributed by atoms with Gasteiger partial charge in [-0.05, 0) is 43.6 Å². The van der Waals surface area contributed by atoms with E-state index < -0.39 is 6.04 Å². The molecule has 4 bridgehead atoms. The predicted molar refractivity (Wildman–Crippen MR) is 183 cm³/mol. The lowest BCUT2D eigenvalue weighted by Gasteiger charge is -2.25. The van der Waals surface area contributed by atoms with Crippen LogP contribution in [-0.4, -0.2) is 70.1 Å². The average Bonchev–Trinajstić information content (AvgIpc) is 3.83. The van der Waals surface area contributed by atoms with Crippen molar-refractivity contribution in [3.63, 3.8) is 0 Å². The quantitative estimate of drug-likeness (QED) is 0.304. The fourth-order valence-electron chi connectivity index (χ4n) is 5.87. The van der Waals surface area contributed by atoms with E-state index >= 15 is 0 Å². The number of rotatable bonds is 6. The van der Waals surface area contributed by atoms with E-state index in [4.69, 9.17) is 0 Å². The van der Waals surface area contributed by atoms with Crippen LogP contribution in [-0.2, 0) is 20.8 Å². The fourth-order valence-corrected chi connectivity index (χ4v) is 7.58. The molecule has 5 amide bonds. The molecule has 12 nitrogen and oxygen atoms in total. The topological polar surface area (TPSA) is 162 Å². The van der Waals surface area contributed by atoms with E-state index in [1.165, 1.54) is 22.7 Å². The third-order valence-electron chi connectivity index (χ3n) is 8.32. The number of fused-ring (bicyclic) bond motifs is 4. The molecule has 3 aromatic rings. The second kappa shape index (κ2) is 16.8. The molecular weight excluding hydrogens is 651 g/mol. The third kappa shape index (κ3) is 9.92. The van der Waals surface area contributed by atoms with Crippen LogP contribution in [0.15, 0.2) is 41.1 Å². The van der Waals surface area contributed by atoms with Gasteiger partial charge in [0, 0.05) is 55.7 Å². The van der Waals surface area contributed by atoms with Gasteiger partial charge < -0.3 is 26.2 Å². The molecule has 2 aliphatic rings. The van der Waals surface area contributed by atoms with Crippen molar-refractivity contribution in [2.45, 2.75) is 83.3 Å². The molecule has 4 heterocycles. The lowest BCUT2D eigenvalue weighted by Crippen LogP contribution is -2.39. The molecule has 0 unspecified atom stereocenters. The number of nitrogens with zero attached hydrogens (tertiary/aromatic N) is 3. The Kier molecular flexibility index (Phi) is 12.3. The van der Waals surface area contributed by atoms with Gasteiger partial charge in [0.15, 0.2) is 0 Å². The van der Waals surface area contributed by atoms with Crippen molar-refractivity contribution in [2.75, 3.05) is 19.6 Å². The molecule has 256 valence electrons. The zero-order chi connectivity index (χ0) is 34.0. The van der Waals surface area contributed by atoms with Crippen LogP contribution in [0.4, 0.5) is 0 Å². The van der Waals surface area contributed by atoms with Gasteiger partial charge in [0.05, 0.1) is 12.1 Å². The van der Waals surface area contributed by atoms with Gasteiger partial charge >= 0.3 is 0 Å². The van der Waals surface area contributed by atoms with Gasteiger partial charge in [0.2, 0.25) is 17.7 Å². The molecule has 0 spiro atoms. The van der Waals surface area contributed by atoms with Crippen LogP contribution in [0.3, 0.4) is 0 Å². The minimum Gasteiger partial charge on any atom is -0.353 e. The van der Waals surface area contributed by atoms with Gasteiger partial charge in [-0.25, -0.2) is 9.97 Å². The van der Waals surface area contributed by atoms with Gasteiger partial charge in [0.25, 0.3) is 11.8 Å². The van der Waals surface area contributed by atoms with Crippen LogP contribution in [0.2, 0.25) is 0 Å². The molecule has 0 aliphatic carbocycles. The van der Waals surface area contributed by atoms with E-state index in [1.807, 2.05) is 30.3 Å². The standard InChI is InChI=1S/C34H43N7O5S2/c1-21(2)16-24-33-40-27(20-48-33)32(46)38-25(17-22-8-4-3-5-9-22)34-39-26(19-47-34)31(45)35-13-7-15-41(14-6-10-28(42)37-24)30(44)18-23-11-12-29(43)36-23/h3-5,8-9,19-21,23-25H,6-7,10-18H2,1-2H3,(H,35,45)(H,36,43)(H,37,42)(H,38,46)/t23-,24-,25-/m0/s1. The average molecular weight is 694 g/mol. The summed E-state index contributed by atoms with van der Waals surface area (Å²) in [5, 5.41) is 16.6. The summed E-state index contributed by atoms with van der Waals surface area (Å²) < 4.78 is 0. The zero-order valence-electron chi connectivity index (χ0n) is 27.3. The molecule has 14 heteroatoms. The number of nitrogens with one attached hydrogen (secondary N) is 4. The monoisotopic (exact) mass is 693 g/mol. The van der Waals surface area contributed by atoms with Crippen molar-refractivity contribution < 1.29 is 24.0 Å². The molecule has 0 saturated carbocycles. The Morgan fingerprint density at radius 2 is 1.52 bits per heavy atom. The molecule has 4 N–H and O–H groups in total. The molecule has 3 atom stereocenters. The fraction of sp³-hybridized carbons (Fsp3) is 0.500. The highest BCUT2D eigenvalue weighted by Gasteiger charge is 2.27. The largest absolute Gasteiger partial charge is 0.353 e. The smallest absolute Gasteiger partial charge is 0.271 e. The van der Waals surface area contributed by atoms with Gasteiger partial charge in [-0.3, -0.25) is 24.0 Å². The van der Waals surface area contributed by atoms with Crippen LogP contribution in [0.1, 0.15) is 107 Å². The minimum atomic E-state index is -0.499.